The van der Waals surface area contributed by atoms with Crippen molar-refractivity contribution in [2.24, 2.45) is 0 Å². The number of rotatable bonds is 7. The largest absolute Gasteiger partial charge is 0.336 e. The van der Waals surface area contributed by atoms with E-state index in [0.29, 0.717) is 29.4 Å². The molecule has 2 N–H and O–H groups in total. The maximum Gasteiger partial charge on any atom is 0.264 e. The molecule has 0 bridgehead atoms. The van der Waals surface area contributed by atoms with E-state index in [0.717, 1.165) is 0 Å². The van der Waals surface area contributed by atoms with Crippen molar-refractivity contribution in [3.8, 4) is 0 Å². The van der Waals surface area contributed by atoms with Crippen molar-refractivity contribution in [2.45, 2.75) is 32.6 Å². The fourth-order valence-electron chi connectivity index (χ4n) is 2.28. The molecule has 0 fully saturated rings. The van der Waals surface area contributed by atoms with E-state index in [1.54, 1.807) is 32.0 Å². The molecule has 0 saturated heterocycles. The number of aryl methyl sites for hydroxylation is 2. The van der Waals surface area contributed by atoms with Crippen LogP contribution in [0.4, 0.5) is 11.6 Å². The third-order valence-corrected chi connectivity index (χ3v) is 7.78. The Balaban J connectivity index is 2.21. The quantitative estimate of drug-likeness (QED) is 0.709. The Kier molecular flexibility index (Phi) is 5.85. The van der Waals surface area contributed by atoms with Gasteiger partial charge in [0.15, 0.2) is 7.29 Å². The summed E-state index contributed by atoms with van der Waals surface area (Å²) < 4.78 is 39.8. The summed E-state index contributed by atoms with van der Waals surface area (Å²) in [6, 6.07) is 7.90. The van der Waals surface area contributed by atoms with E-state index >= 15 is 0 Å². The summed E-state index contributed by atoms with van der Waals surface area (Å²) in [5.74, 6) is 0.0427. The van der Waals surface area contributed by atoms with Gasteiger partial charge in [0.2, 0.25) is 5.95 Å². The van der Waals surface area contributed by atoms with E-state index in [-0.39, 0.29) is 10.8 Å². The Hall–Kier alpha value is -1.92. The van der Waals surface area contributed by atoms with Crippen LogP contribution in [-0.4, -0.2) is 30.7 Å². The molecule has 0 radical (unpaired) electrons. The van der Waals surface area contributed by atoms with Gasteiger partial charge >= 0.3 is 0 Å². The molecule has 2 rings (SSSR count). The monoisotopic (exact) mass is 382 g/mol. The van der Waals surface area contributed by atoms with E-state index in [9.17, 15) is 13.0 Å². The Labute approximate surface area is 148 Å². The van der Waals surface area contributed by atoms with Crippen molar-refractivity contribution < 1.29 is 13.0 Å². The van der Waals surface area contributed by atoms with E-state index < -0.39 is 17.3 Å². The Morgan fingerprint density at radius 3 is 2.00 bits per heavy atom. The number of nitrogens with one attached hydrogen (secondary N) is 2. The smallest absolute Gasteiger partial charge is 0.264 e. The highest BCUT2D eigenvalue weighted by Gasteiger charge is 2.19. The second-order valence-corrected chi connectivity index (χ2v) is 10.7. The maximum absolute atomic E-state index is 12.5. The highest BCUT2D eigenvalue weighted by Crippen LogP contribution is 2.44. The van der Waals surface area contributed by atoms with Gasteiger partial charge in [-0.1, -0.05) is 13.8 Å². The zero-order chi connectivity index (χ0) is 18.7. The molecule has 0 spiro atoms. The third kappa shape index (κ3) is 5.03. The number of benzene rings is 1. The number of hydrogen-bond donors (Lipinski definition) is 2. The number of aromatic nitrogens is 2. The Morgan fingerprint density at radius 1 is 1.00 bits per heavy atom. The van der Waals surface area contributed by atoms with E-state index in [4.69, 9.17) is 0 Å². The molecule has 1 aromatic heterocycles. The molecule has 136 valence electrons. The predicted octanol–water partition coefficient (Wildman–Crippen LogP) is 3.62. The summed E-state index contributed by atoms with van der Waals surface area (Å²) in [5.41, 5.74) is 1.99. The SMILES string of the molecule is CCP(=O)(CC)Nc1ccc(S(=O)(=O)Nc2nc(C)cc(C)n2)cc1. The third-order valence-electron chi connectivity index (χ3n) is 3.73. The molecule has 0 aliphatic heterocycles. The van der Waals surface area contributed by atoms with Gasteiger partial charge in [0.1, 0.15) is 0 Å². The lowest BCUT2D eigenvalue weighted by Crippen LogP contribution is -2.15. The van der Waals surface area contributed by atoms with Gasteiger partial charge in [0.25, 0.3) is 10.0 Å². The van der Waals surface area contributed by atoms with Gasteiger partial charge in [0.05, 0.1) is 4.90 Å². The summed E-state index contributed by atoms with van der Waals surface area (Å²) in [4.78, 5) is 8.25. The molecule has 25 heavy (non-hydrogen) atoms. The van der Waals surface area contributed by atoms with Crippen LogP contribution in [0.25, 0.3) is 0 Å². The van der Waals surface area contributed by atoms with E-state index in [2.05, 4.69) is 19.8 Å². The highest BCUT2D eigenvalue weighted by molar-refractivity contribution is 7.92. The van der Waals surface area contributed by atoms with Gasteiger partial charge in [-0.25, -0.2) is 23.1 Å². The summed E-state index contributed by atoms with van der Waals surface area (Å²) in [5, 5.41) is 3.01. The number of sulfonamides is 1. The minimum atomic E-state index is -3.79. The average Bonchev–Trinajstić information content (AvgIpc) is 2.54. The highest BCUT2D eigenvalue weighted by atomic mass is 32.2. The fourth-order valence-corrected chi connectivity index (χ4v) is 4.60. The molecule has 0 amide bonds. The van der Waals surface area contributed by atoms with Gasteiger partial charge in [0, 0.05) is 29.4 Å². The lowest BCUT2D eigenvalue weighted by molar-refractivity contribution is 0.579. The molecule has 0 unspecified atom stereocenters. The van der Waals surface area contributed by atoms with Crippen LogP contribution < -0.4 is 9.81 Å². The van der Waals surface area contributed by atoms with Crippen LogP contribution in [0.2, 0.25) is 0 Å². The minimum Gasteiger partial charge on any atom is -0.336 e. The topological polar surface area (TPSA) is 101 Å². The van der Waals surface area contributed by atoms with Gasteiger partial charge < -0.3 is 9.65 Å². The number of nitrogens with zero attached hydrogens (tertiary/aromatic N) is 2. The van der Waals surface area contributed by atoms with Crippen LogP contribution in [-0.2, 0) is 14.6 Å². The molecule has 2 aromatic rings. The van der Waals surface area contributed by atoms with Crippen molar-refractivity contribution in [3.63, 3.8) is 0 Å². The van der Waals surface area contributed by atoms with Gasteiger partial charge in [-0.3, -0.25) is 0 Å². The van der Waals surface area contributed by atoms with Crippen LogP contribution in [0, 0.1) is 13.8 Å². The lowest BCUT2D eigenvalue weighted by Gasteiger charge is -2.17. The maximum atomic E-state index is 12.5. The molecule has 0 saturated carbocycles. The summed E-state index contributed by atoms with van der Waals surface area (Å²) >= 11 is 0. The van der Waals surface area contributed by atoms with E-state index in [1.807, 2.05) is 13.8 Å². The number of anilines is 2. The normalized spacial score (nSPS) is 12.0. The predicted molar refractivity (Wildman–Crippen MR) is 101 cm³/mol. The zero-order valence-electron chi connectivity index (χ0n) is 14.8. The second kappa shape index (κ2) is 7.54. The van der Waals surface area contributed by atoms with Gasteiger partial charge in [-0.15, -0.1) is 0 Å². The molecular weight excluding hydrogens is 359 g/mol. The van der Waals surface area contributed by atoms with Crippen LogP contribution in [0.1, 0.15) is 25.2 Å². The molecule has 7 nitrogen and oxygen atoms in total. The van der Waals surface area contributed by atoms with Crippen LogP contribution >= 0.6 is 7.29 Å². The molecule has 9 heteroatoms. The minimum absolute atomic E-state index is 0.0427. The first-order chi connectivity index (χ1) is 11.7. The van der Waals surface area contributed by atoms with Crippen molar-refractivity contribution >= 4 is 29.0 Å². The average molecular weight is 382 g/mol. The van der Waals surface area contributed by atoms with Crippen LogP contribution in [0.15, 0.2) is 35.2 Å². The molecule has 1 aromatic carbocycles. The van der Waals surface area contributed by atoms with Crippen molar-refractivity contribution in [1.82, 2.24) is 9.97 Å². The Morgan fingerprint density at radius 2 is 1.52 bits per heavy atom. The molecule has 0 aliphatic rings. The first kappa shape index (κ1) is 19.4. The van der Waals surface area contributed by atoms with Gasteiger partial charge in [-0.05, 0) is 44.2 Å². The van der Waals surface area contributed by atoms with Crippen LogP contribution in [0.5, 0.6) is 0 Å². The summed E-state index contributed by atoms with van der Waals surface area (Å²) in [6.45, 7) is 7.27. The Bertz CT molecular complexity index is 870. The fraction of sp³-hybridized carbons (Fsp3) is 0.375. The van der Waals surface area contributed by atoms with Crippen molar-refractivity contribution in [1.29, 1.82) is 0 Å². The summed E-state index contributed by atoms with van der Waals surface area (Å²) in [6.07, 6.45) is 1.07. The first-order valence-corrected chi connectivity index (χ1v) is 11.5. The molecule has 0 aliphatic carbocycles. The van der Waals surface area contributed by atoms with Crippen molar-refractivity contribution in [2.75, 3.05) is 22.1 Å². The number of hydrogen-bond acceptors (Lipinski definition) is 5. The van der Waals surface area contributed by atoms with Crippen molar-refractivity contribution in [3.05, 3.63) is 41.7 Å². The molecule has 1 heterocycles. The molecular formula is C16H23N4O3PS. The first-order valence-electron chi connectivity index (χ1n) is 7.99. The zero-order valence-corrected chi connectivity index (χ0v) is 16.5. The molecule has 0 atom stereocenters. The second-order valence-electron chi connectivity index (χ2n) is 5.74. The standard InChI is InChI=1S/C16H23N4O3PS/c1-5-24(21,6-2)19-14-7-9-15(10-8-14)25(22,23)20-16-17-12(3)11-13(4)18-16/h7-11H,5-6H2,1-4H3,(H,19,21)(H,17,18,20). The van der Waals surface area contributed by atoms with Crippen LogP contribution in [0.3, 0.4) is 0 Å². The van der Waals surface area contributed by atoms with E-state index in [1.165, 1.54) is 12.1 Å². The lowest BCUT2D eigenvalue weighted by atomic mass is 10.3. The van der Waals surface area contributed by atoms with Gasteiger partial charge in [-0.2, -0.15) is 0 Å². The summed E-state index contributed by atoms with van der Waals surface area (Å²) in [7, 11) is -6.25.